The highest BCUT2D eigenvalue weighted by molar-refractivity contribution is 5.69. The number of likely N-dealkylation sites (N-methyl/N-ethyl adjacent to an activating group) is 1. The van der Waals surface area contributed by atoms with Gasteiger partial charge in [0.1, 0.15) is 0 Å². The van der Waals surface area contributed by atoms with E-state index in [9.17, 15) is 9.59 Å². The molecular formula is C37H74N2O4. The first kappa shape index (κ1) is 41.9. The third-order valence-electron chi connectivity index (χ3n) is 8.40. The van der Waals surface area contributed by atoms with Gasteiger partial charge in [0.2, 0.25) is 0 Å². The molecule has 0 spiro atoms. The van der Waals surface area contributed by atoms with Crippen molar-refractivity contribution in [2.24, 2.45) is 0 Å². The fourth-order valence-electron chi connectivity index (χ4n) is 5.38. The van der Waals surface area contributed by atoms with E-state index in [-0.39, 0.29) is 11.9 Å². The van der Waals surface area contributed by atoms with Gasteiger partial charge in [-0.25, -0.2) is 0 Å². The quantitative estimate of drug-likeness (QED) is 0.0569. The van der Waals surface area contributed by atoms with Gasteiger partial charge in [0, 0.05) is 26.2 Å². The van der Waals surface area contributed by atoms with E-state index in [1.807, 2.05) is 7.05 Å². The van der Waals surface area contributed by atoms with Crippen LogP contribution in [-0.2, 0) is 19.1 Å². The molecule has 256 valence electrons. The Balaban J connectivity index is 3.36. The van der Waals surface area contributed by atoms with Gasteiger partial charge in [-0.05, 0) is 19.9 Å². The second kappa shape index (κ2) is 35.3. The average molecular weight is 611 g/mol. The van der Waals surface area contributed by atoms with Crippen molar-refractivity contribution in [3.05, 3.63) is 0 Å². The van der Waals surface area contributed by atoms with Crippen molar-refractivity contribution >= 4 is 11.9 Å². The van der Waals surface area contributed by atoms with Gasteiger partial charge in [-0.15, -0.1) is 0 Å². The summed E-state index contributed by atoms with van der Waals surface area (Å²) in [6.07, 6.45) is 32.3. The number of rotatable bonds is 35. The maximum absolute atomic E-state index is 12.0. The summed E-state index contributed by atoms with van der Waals surface area (Å²) < 4.78 is 10.8. The number of hydrogen-bond acceptors (Lipinski definition) is 6. The number of carbonyl (C=O) groups excluding carboxylic acids is 2. The maximum Gasteiger partial charge on any atom is 0.307 e. The summed E-state index contributed by atoms with van der Waals surface area (Å²) in [5.74, 6) is -0.210. The Labute approximate surface area is 268 Å². The second-order valence-corrected chi connectivity index (χ2v) is 12.8. The summed E-state index contributed by atoms with van der Waals surface area (Å²) in [4.78, 5) is 26.1. The van der Waals surface area contributed by atoms with Gasteiger partial charge in [0.25, 0.3) is 0 Å². The van der Waals surface area contributed by atoms with E-state index >= 15 is 0 Å². The minimum absolute atomic E-state index is 0.0983. The Morgan fingerprint density at radius 1 is 0.465 bits per heavy atom. The SMILES string of the molecule is CCCCCCCCCCCCCCOC(=O)CCNCCN(C)CCC(=O)OCCCCCCCCCCCCCC. The Morgan fingerprint density at radius 2 is 0.814 bits per heavy atom. The van der Waals surface area contributed by atoms with Crippen LogP contribution in [0, 0.1) is 0 Å². The van der Waals surface area contributed by atoms with Gasteiger partial charge >= 0.3 is 11.9 Å². The molecule has 0 saturated carbocycles. The van der Waals surface area contributed by atoms with Crippen molar-refractivity contribution in [1.29, 1.82) is 0 Å². The van der Waals surface area contributed by atoms with Crippen molar-refractivity contribution in [2.45, 2.75) is 181 Å². The summed E-state index contributed by atoms with van der Waals surface area (Å²) >= 11 is 0. The van der Waals surface area contributed by atoms with Crippen LogP contribution >= 0.6 is 0 Å². The lowest BCUT2D eigenvalue weighted by molar-refractivity contribution is -0.144. The zero-order chi connectivity index (χ0) is 31.5. The smallest absolute Gasteiger partial charge is 0.307 e. The monoisotopic (exact) mass is 611 g/mol. The van der Waals surface area contributed by atoms with E-state index in [2.05, 4.69) is 24.1 Å². The van der Waals surface area contributed by atoms with E-state index in [0.717, 1.165) is 38.8 Å². The van der Waals surface area contributed by atoms with Gasteiger partial charge in [-0.1, -0.05) is 155 Å². The predicted molar refractivity (Wildman–Crippen MR) is 184 cm³/mol. The number of esters is 2. The highest BCUT2D eigenvalue weighted by Gasteiger charge is 2.07. The molecule has 0 atom stereocenters. The van der Waals surface area contributed by atoms with Crippen LogP contribution in [0.4, 0.5) is 0 Å². The normalized spacial score (nSPS) is 11.3. The lowest BCUT2D eigenvalue weighted by Crippen LogP contribution is -2.32. The number of ether oxygens (including phenoxy) is 2. The molecule has 0 aliphatic carbocycles. The second-order valence-electron chi connectivity index (χ2n) is 12.8. The van der Waals surface area contributed by atoms with Gasteiger partial charge in [-0.2, -0.15) is 0 Å². The molecule has 0 heterocycles. The largest absolute Gasteiger partial charge is 0.466 e. The summed E-state index contributed by atoms with van der Waals surface area (Å²) in [7, 11) is 2.02. The van der Waals surface area contributed by atoms with Gasteiger partial charge in [-0.3, -0.25) is 9.59 Å². The third kappa shape index (κ3) is 35.2. The highest BCUT2D eigenvalue weighted by Crippen LogP contribution is 2.13. The molecule has 0 aliphatic rings. The zero-order valence-electron chi connectivity index (χ0n) is 29.2. The van der Waals surface area contributed by atoms with E-state index in [1.54, 1.807) is 0 Å². The van der Waals surface area contributed by atoms with Crippen molar-refractivity contribution in [2.75, 3.05) is 46.4 Å². The number of carbonyl (C=O) groups is 2. The van der Waals surface area contributed by atoms with E-state index < -0.39 is 0 Å². The molecule has 6 nitrogen and oxygen atoms in total. The molecule has 0 saturated heterocycles. The molecule has 0 bridgehead atoms. The van der Waals surface area contributed by atoms with Crippen molar-refractivity contribution < 1.29 is 19.1 Å². The first-order valence-corrected chi connectivity index (χ1v) is 18.8. The fourth-order valence-corrected chi connectivity index (χ4v) is 5.38. The van der Waals surface area contributed by atoms with Crippen LogP contribution in [0.1, 0.15) is 181 Å². The molecule has 6 heteroatoms. The first-order valence-electron chi connectivity index (χ1n) is 18.8. The molecule has 0 aromatic rings. The summed E-state index contributed by atoms with van der Waals surface area (Å²) in [6.45, 7) is 8.59. The molecule has 0 unspecified atom stereocenters. The highest BCUT2D eigenvalue weighted by atomic mass is 16.5. The average Bonchev–Trinajstić information content (AvgIpc) is 3.00. The zero-order valence-corrected chi connectivity index (χ0v) is 29.2. The predicted octanol–water partition coefficient (Wildman–Crippen LogP) is 9.78. The summed E-state index contributed by atoms with van der Waals surface area (Å²) in [6, 6.07) is 0. The van der Waals surface area contributed by atoms with E-state index in [0.29, 0.717) is 39.1 Å². The minimum atomic E-state index is -0.111. The lowest BCUT2D eigenvalue weighted by atomic mass is 10.1. The van der Waals surface area contributed by atoms with Crippen LogP contribution < -0.4 is 5.32 Å². The standard InChI is InChI=1S/C37H74N2O4/c1-4-6-8-10-12-14-16-18-20-22-24-26-34-42-36(40)28-30-38-31-33-39(3)32-29-37(41)43-35-27-25-23-21-19-17-15-13-11-9-7-5-2/h38H,4-35H2,1-3H3. The molecule has 0 fully saturated rings. The molecular weight excluding hydrogens is 536 g/mol. The maximum atomic E-state index is 12.0. The van der Waals surface area contributed by atoms with E-state index in [4.69, 9.17) is 9.47 Å². The van der Waals surface area contributed by atoms with E-state index in [1.165, 1.54) is 128 Å². The number of nitrogens with one attached hydrogen (secondary N) is 1. The van der Waals surface area contributed by atoms with Gasteiger partial charge < -0.3 is 19.7 Å². The Kier molecular flexibility index (Phi) is 34.4. The number of hydrogen-bond donors (Lipinski definition) is 1. The van der Waals surface area contributed by atoms with Crippen LogP contribution in [0.3, 0.4) is 0 Å². The van der Waals surface area contributed by atoms with Crippen molar-refractivity contribution in [3.63, 3.8) is 0 Å². The molecule has 0 amide bonds. The molecule has 0 aliphatic heterocycles. The van der Waals surface area contributed by atoms with Crippen LogP contribution in [0.5, 0.6) is 0 Å². The van der Waals surface area contributed by atoms with Gasteiger partial charge in [0.05, 0.1) is 26.1 Å². The number of unbranched alkanes of at least 4 members (excludes halogenated alkanes) is 22. The van der Waals surface area contributed by atoms with Crippen LogP contribution in [0.25, 0.3) is 0 Å². The van der Waals surface area contributed by atoms with Crippen LogP contribution in [0.2, 0.25) is 0 Å². The van der Waals surface area contributed by atoms with Crippen molar-refractivity contribution in [3.8, 4) is 0 Å². The molecule has 0 rings (SSSR count). The third-order valence-corrected chi connectivity index (χ3v) is 8.40. The van der Waals surface area contributed by atoms with Crippen molar-refractivity contribution in [1.82, 2.24) is 10.2 Å². The Hall–Kier alpha value is -1.14. The summed E-state index contributed by atoms with van der Waals surface area (Å²) in [5.41, 5.74) is 0. The molecule has 0 radical (unpaired) electrons. The van der Waals surface area contributed by atoms with Crippen LogP contribution in [0.15, 0.2) is 0 Å². The molecule has 1 N–H and O–H groups in total. The molecule has 0 aromatic heterocycles. The first-order chi connectivity index (χ1) is 21.1. The number of nitrogens with zero attached hydrogens (tertiary/aromatic N) is 1. The topological polar surface area (TPSA) is 67.9 Å². The minimum Gasteiger partial charge on any atom is -0.466 e. The Bertz CT molecular complexity index is 587. The van der Waals surface area contributed by atoms with Crippen LogP contribution in [-0.4, -0.2) is 63.3 Å². The molecule has 43 heavy (non-hydrogen) atoms. The fraction of sp³-hybridized carbons (Fsp3) is 0.946. The molecule has 0 aromatic carbocycles. The van der Waals surface area contributed by atoms with Gasteiger partial charge in [0.15, 0.2) is 0 Å². The summed E-state index contributed by atoms with van der Waals surface area (Å²) in [5, 5.41) is 3.31. The Morgan fingerprint density at radius 3 is 1.21 bits per heavy atom. The lowest BCUT2D eigenvalue weighted by Gasteiger charge is -2.16.